The molecule has 0 unspecified atom stereocenters. The number of hydrogen-bond donors (Lipinski definition) is 1. The molecule has 0 fully saturated rings. The van der Waals surface area contributed by atoms with E-state index in [1.165, 1.54) is 6.20 Å². The lowest BCUT2D eigenvalue weighted by Crippen LogP contribution is -2.20. The number of hydrogen-bond acceptors (Lipinski definition) is 6. The minimum absolute atomic E-state index is 0.0829. The quantitative estimate of drug-likeness (QED) is 0.728. The Labute approximate surface area is 146 Å². The predicted octanol–water partition coefficient (Wildman–Crippen LogP) is 2.24. The minimum Gasteiger partial charge on any atom is -0.360 e. The van der Waals surface area contributed by atoms with Crippen molar-refractivity contribution in [2.24, 2.45) is 0 Å². The van der Waals surface area contributed by atoms with Crippen LogP contribution >= 0.6 is 0 Å². The van der Waals surface area contributed by atoms with Crippen molar-refractivity contribution in [3.8, 4) is 0 Å². The van der Waals surface area contributed by atoms with E-state index in [1.807, 2.05) is 42.6 Å². The number of aryl methyl sites for hydroxylation is 1. The van der Waals surface area contributed by atoms with Crippen LogP contribution < -0.4 is 5.32 Å². The molecule has 2 aromatic heterocycles. The molecule has 0 spiro atoms. The van der Waals surface area contributed by atoms with E-state index in [0.29, 0.717) is 18.2 Å². The summed E-state index contributed by atoms with van der Waals surface area (Å²) in [6, 6.07) is 11.4. The molecule has 3 aromatic rings. The van der Waals surface area contributed by atoms with Crippen LogP contribution in [-0.4, -0.2) is 34.4 Å². The van der Waals surface area contributed by atoms with E-state index in [0.717, 1.165) is 11.8 Å². The normalized spacial score (nSPS) is 12.7. The van der Waals surface area contributed by atoms with Gasteiger partial charge in [0.25, 0.3) is 0 Å². The Kier molecular flexibility index (Phi) is 4.80. The minimum atomic E-state index is -3.45. The van der Waals surface area contributed by atoms with Gasteiger partial charge in [0.15, 0.2) is 9.84 Å². The number of aromatic nitrogens is 4. The van der Waals surface area contributed by atoms with Gasteiger partial charge in [-0.2, -0.15) is 5.10 Å². The molecular weight excluding hydrogens is 338 g/mol. The molecule has 0 radical (unpaired) electrons. The average molecular weight is 357 g/mol. The maximum atomic E-state index is 12.1. The number of rotatable bonds is 6. The second kappa shape index (κ2) is 7.02. The van der Waals surface area contributed by atoms with Crippen molar-refractivity contribution < 1.29 is 8.42 Å². The standard InChI is InChI=1S/C17H19N5O2S/c1-13-18-11-16(25(2,23)24)17(20-13)21-15(12-22-10-6-9-19-22)14-7-4-3-5-8-14/h3-11,15H,12H2,1-2H3,(H,18,20,21)/t15-/m0/s1. The predicted molar refractivity (Wildman–Crippen MR) is 94.9 cm³/mol. The highest BCUT2D eigenvalue weighted by atomic mass is 32.2. The smallest absolute Gasteiger partial charge is 0.180 e. The molecule has 0 aliphatic heterocycles. The van der Waals surface area contributed by atoms with E-state index in [-0.39, 0.29) is 10.9 Å². The van der Waals surface area contributed by atoms with Crippen LogP contribution in [0.5, 0.6) is 0 Å². The highest BCUT2D eigenvalue weighted by Gasteiger charge is 2.20. The third-order valence-electron chi connectivity index (χ3n) is 3.72. The molecule has 1 N–H and O–H groups in total. The molecule has 25 heavy (non-hydrogen) atoms. The molecule has 1 aromatic carbocycles. The van der Waals surface area contributed by atoms with Gasteiger partial charge in [-0.1, -0.05) is 30.3 Å². The molecule has 130 valence electrons. The van der Waals surface area contributed by atoms with Gasteiger partial charge in [0, 0.05) is 18.6 Å². The molecule has 0 aliphatic carbocycles. The Morgan fingerprint density at radius 3 is 2.60 bits per heavy atom. The lowest BCUT2D eigenvalue weighted by atomic mass is 10.1. The van der Waals surface area contributed by atoms with Crippen molar-refractivity contribution in [2.75, 3.05) is 11.6 Å². The largest absolute Gasteiger partial charge is 0.360 e. The van der Waals surface area contributed by atoms with Gasteiger partial charge in [-0.05, 0) is 18.6 Å². The molecule has 0 bridgehead atoms. The first-order valence-electron chi connectivity index (χ1n) is 7.76. The van der Waals surface area contributed by atoms with Gasteiger partial charge in [-0.15, -0.1) is 0 Å². The third kappa shape index (κ3) is 4.21. The second-order valence-corrected chi connectivity index (χ2v) is 7.72. The zero-order valence-corrected chi connectivity index (χ0v) is 14.8. The number of anilines is 1. The molecule has 0 amide bonds. The van der Waals surface area contributed by atoms with Crippen molar-refractivity contribution in [1.82, 2.24) is 19.7 Å². The fourth-order valence-electron chi connectivity index (χ4n) is 2.51. The maximum Gasteiger partial charge on any atom is 0.180 e. The number of nitrogens with one attached hydrogen (secondary N) is 1. The average Bonchev–Trinajstić information content (AvgIpc) is 3.07. The first-order chi connectivity index (χ1) is 11.9. The summed E-state index contributed by atoms with van der Waals surface area (Å²) in [5, 5.41) is 7.50. The van der Waals surface area contributed by atoms with Gasteiger partial charge in [-0.3, -0.25) is 4.68 Å². The third-order valence-corrected chi connectivity index (χ3v) is 4.81. The van der Waals surface area contributed by atoms with Crippen LogP contribution in [0.25, 0.3) is 0 Å². The van der Waals surface area contributed by atoms with Crippen LogP contribution in [0.4, 0.5) is 5.82 Å². The Morgan fingerprint density at radius 2 is 1.96 bits per heavy atom. The summed E-state index contributed by atoms with van der Waals surface area (Å²) in [5.74, 6) is 0.803. The fourth-order valence-corrected chi connectivity index (χ4v) is 3.21. The molecule has 2 heterocycles. The summed E-state index contributed by atoms with van der Waals surface area (Å²) >= 11 is 0. The van der Waals surface area contributed by atoms with Crippen molar-refractivity contribution in [3.05, 3.63) is 66.4 Å². The first-order valence-corrected chi connectivity index (χ1v) is 9.65. The van der Waals surface area contributed by atoms with E-state index in [2.05, 4.69) is 20.4 Å². The van der Waals surface area contributed by atoms with E-state index in [9.17, 15) is 8.42 Å². The zero-order valence-electron chi connectivity index (χ0n) is 14.0. The Bertz CT molecular complexity index is 940. The van der Waals surface area contributed by atoms with Gasteiger partial charge < -0.3 is 5.32 Å². The zero-order chi connectivity index (χ0) is 17.9. The summed E-state index contributed by atoms with van der Waals surface area (Å²) in [7, 11) is -3.45. The van der Waals surface area contributed by atoms with Gasteiger partial charge in [0.05, 0.1) is 18.8 Å². The number of benzene rings is 1. The maximum absolute atomic E-state index is 12.1. The Morgan fingerprint density at radius 1 is 1.20 bits per heavy atom. The summed E-state index contributed by atoms with van der Waals surface area (Å²) in [6.45, 7) is 2.26. The van der Waals surface area contributed by atoms with E-state index < -0.39 is 9.84 Å². The summed E-state index contributed by atoms with van der Waals surface area (Å²) in [6.07, 6.45) is 6.06. The van der Waals surface area contributed by atoms with Crippen molar-refractivity contribution in [3.63, 3.8) is 0 Å². The molecule has 0 aliphatic rings. The van der Waals surface area contributed by atoms with Gasteiger partial charge >= 0.3 is 0 Å². The lowest BCUT2D eigenvalue weighted by molar-refractivity contribution is 0.548. The van der Waals surface area contributed by atoms with Crippen LogP contribution in [0.2, 0.25) is 0 Å². The van der Waals surface area contributed by atoms with Crippen LogP contribution in [0, 0.1) is 6.92 Å². The monoisotopic (exact) mass is 357 g/mol. The second-order valence-electron chi connectivity index (χ2n) is 5.74. The van der Waals surface area contributed by atoms with Crippen molar-refractivity contribution in [1.29, 1.82) is 0 Å². The van der Waals surface area contributed by atoms with Crippen LogP contribution in [0.1, 0.15) is 17.4 Å². The number of sulfone groups is 1. The Balaban J connectivity index is 2.00. The summed E-state index contributed by atoms with van der Waals surface area (Å²) < 4.78 is 25.9. The molecule has 3 rings (SSSR count). The van der Waals surface area contributed by atoms with Crippen molar-refractivity contribution >= 4 is 15.7 Å². The lowest BCUT2D eigenvalue weighted by Gasteiger charge is -2.21. The molecule has 8 heteroatoms. The van der Waals surface area contributed by atoms with E-state index in [1.54, 1.807) is 17.8 Å². The first kappa shape index (κ1) is 17.1. The topological polar surface area (TPSA) is 89.8 Å². The summed E-state index contributed by atoms with van der Waals surface area (Å²) in [4.78, 5) is 8.40. The molecular formula is C17H19N5O2S. The SMILES string of the molecule is Cc1ncc(S(C)(=O)=O)c(N[C@@H](Cn2cccn2)c2ccccc2)n1. The highest BCUT2D eigenvalue weighted by molar-refractivity contribution is 7.90. The van der Waals surface area contributed by atoms with Gasteiger partial charge in [0.1, 0.15) is 16.5 Å². The van der Waals surface area contributed by atoms with Gasteiger partial charge in [-0.25, -0.2) is 18.4 Å². The van der Waals surface area contributed by atoms with Crippen LogP contribution in [0.15, 0.2) is 59.9 Å². The Hall–Kier alpha value is -2.74. The fraction of sp³-hybridized carbons (Fsp3) is 0.235. The summed E-state index contributed by atoms with van der Waals surface area (Å²) in [5.41, 5.74) is 1.01. The highest BCUT2D eigenvalue weighted by Crippen LogP contribution is 2.25. The molecule has 7 nitrogen and oxygen atoms in total. The van der Waals surface area contributed by atoms with Gasteiger partial charge in [0.2, 0.25) is 0 Å². The van der Waals surface area contributed by atoms with Crippen LogP contribution in [0.3, 0.4) is 0 Å². The van der Waals surface area contributed by atoms with E-state index >= 15 is 0 Å². The number of nitrogens with zero attached hydrogens (tertiary/aromatic N) is 4. The van der Waals surface area contributed by atoms with Crippen molar-refractivity contribution in [2.45, 2.75) is 24.4 Å². The van der Waals surface area contributed by atoms with Crippen LogP contribution in [-0.2, 0) is 16.4 Å². The molecule has 0 saturated heterocycles. The molecule has 0 saturated carbocycles. The van der Waals surface area contributed by atoms with E-state index in [4.69, 9.17) is 0 Å². The molecule has 1 atom stereocenters.